The number of nitrogens with one attached hydrogen (secondary N) is 2. The number of hydrogen-bond donors (Lipinski definition) is 2. The molecule has 7 heteroatoms. The maximum absolute atomic E-state index is 12.5. The Morgan fingerprint density at radius 3 is 2.35 bits per heavy atom. The van der Waals surface area contributed by atoms with Crippen LogP contribution in [0, 0.1) is 6.92 Å². The first-order chi connectivity index (χ1) is 18.1. The summed E-state index contributed by atoms with van der Waals surface area (Å²) in [7, 11) is 0. The summed E-state index contributed by atoms with van der Waals surface area (Å²) >= 11 is 0. The second-order valence-corrected chi connectivity index (χ2v) is 8.91. The van der Waals surface area contributed by atoms with E-state index in [1.807, 2.05) is 47.0 Å². The van der Waals surface area contributed by atoms with Crippen molar-refractivity contribution >= 4 is 45.0 Å². The van der Waals surface area contributed by atoms with Gasteiger partial charge in [0.15, 0.2) is 5.65 Å². The Bertz CT molecular complexity index is 1790. The summed E-state index contributed by atoms with van der Waals surface area (Å²) in [4.78, 5) is 29.6. The fourth-order valence-corrected chi connectivity index (χ4v) is 4.44. The van der Waals surface area contributed by atoms with E-state index in [1.165, 1.54) is 5.56 Å². The summed E-state index contributed by atoms with van der Waals surface area (Å²) in [6.07, 6.45) is 0. The molecule has 4 aromatic carbocycles. The van der Waals surface area contributed by atoms with Gasteiger partial charge >= 0.3 is 0 Å². The topological polar surface area (TPSA) is 88.4 Å². The number of aryl methyl sites for hydroxylation is 1. The molecule has 0 unspecified atom stereocenters. The van der Waals surface area contributed by atoms with Gasteiger partial charge in [0.1, 0.15) is 0 Å². The largest absolute Gasteiger partial charge is 0.343 e. The number of carbonyl (C=O) groups excluding carboxylic acids is 2. The zero-order valence-electron chi connectivity index (χ0n) is 20.1. The first-order valence-corrected chi connectivity index (χ1v) is 12.0. The summed E-state index contributed by atoms with van der Waals surface area (Å²) in [6, 6.07) is 30.8. The fourth-order valence-electron chi connectivity index (χ4n) is 4.44. The van der Waals surface area contributed by atoms with Crippen molar-refractivity contribution in [1.29, 1.82) is 0 Å². The maximum atomic E-state index is 12.5. The van der Waals surface area contributed by atoms with Gasteiger partial charge in [0.25, 0.3) is 5.91 Å². The third-order valence-electron chi connectivity index (χ3n) is 6.31. The SMILES string of the molecule is Cc1ccc(-c2nn3c4ccc(NC(=O)CNC(=O)c5ccccc5)cc4nc3c3ccccc23)cc1. The highest BCUT2D eigenvalue weighted by Crippen LogP contribution is 2.31. The average molecular weight is 486 g/mol. The third-order valence-corrected chi connectivity index (χ3v) is 6.31. The Balaban J connectivity index is 1.32. The number of amides is 2. The molecule has 0 fully saturated rings. The monoisotopic (exact) mass is 485 g/mol. The first-order valence-electron chi connectivity index (χ1n) is 12.0. The molecule has 6 rings (SSSR count). The van der Waals surface area contributed by atoms with E-state index >= 15 is 0 Å². The van der Waals surface area contributed by atoms with E-state index in [9.17, 15) is 9.59 Å². The lowest BCUT2D eigenvalue weighted by Gasteiger charge is -2.09. The lowest BCUT2D eigenvalue weighted by molar-refractivity contribution is -0.115. The molecule has 7 nitrogen and oxygen atoms in total. The van der Waals surface area contributed by atoms with Crippen molar-refractivity contribution in [2.75, 3.05) is 11.9 Å². The van der Waals surface area contributed by atoms with E-state index in [-0.39, 0.29) is 18.4 Å². The molecule has 0 aliphatic carbocycles. The summed E-state index contributed by atoms with van der Waals surface area (Å²) in [5, 5.41) is 12.5. The van der Waals surface area contributed by atoms with Gasteiger partial charge in [0, 0.05) is 27.6 Å². The minimum atomic E-state index is -0.322. The van der Waals surface area contributed by atoms with Crippen molar-refractivity contribution in [1.82, 2.24) is 19.9 Å². The van der Waals surface area contributed by atoms with E-state index in [2.05, 4.69) is 47.9 Å². The molecule has 37 heavy (non-hydrogen) atoms. The zero-order valence-corrected chi connectivity index (χ0v) is 20.1. The molecule has 0 aliphatic heterocycles. The van der Waals surface area contributed by atoms with Crippen molar-refractivity contribution in [3.8, 4) is 11.3 Å². The van der Waals surface area contributed by atoms with Gasteiger partial charge < -0.3 is 10.6 Å². The van der Waals surface area contributed by atoms with Gasteiger partial charge in [-0.2, -0.15) is 5.10 Å². The number of nitrogens with zero attached hydrogens (tertiary/aromatic N) is 3. The highest BCUT2D eigenvalue weighted by Gasteiger charge is 2.15. The molecule has 6 aromatic rings. The number of fused-ring (bicyclic) bond motifs is 5. The number of anilines is 1. The number of hydrogen-bond acceptors (Lipinski definition) is 4. The molecule has 0 atom stereocenters. The number of carbonyl (C=O) groups is 2. The molecule has 0 saturated carbocycles. The third kappa shape index (κ3) is 4.27. The van der Waals surface area contributed by atoms with Crippen LogP contribution in [0.3, 0.4) is 0 Å². The maximum Gasteiger partial charge on any atom is 0.251 e. The molecule has 0 saturated heterocycles. The Morgan fingerprint density at radius 2 is 1.57 bits per heavy atom. The quantitative estimate of drug-likeness (QED) is 0.343. The Kier molecular flexibility index (Phi) is 5.58. The fraction of sp³-hybridized carbons (Fsp3) is 0.0667. The number of rotatable bonds is 5. The van der Waals surface area contributed by atoms with Gasteiger partial charge in [-0.3, -0.25) is 9.59 Å². The van der Waals surface area contributed by atoms with E-state index in [1.54, 1.807) is 24.3 Å². The molecule has 2 heterocycles. The van der Waals surface area contributed by atoms with Crippen LogP contribution < -0.4 is 10.6 Å². The number of imidazole rings is 1. The van der Waals surface area contributed by atoms with Gasteiger partial charge in [-0.1, -0.05) is 72.3 Å². The van der Waals surface area contributed by atoms with Crippen molar-refractivity contribution in [2.24, 2.45) is 0 Å². The Morgan fingerprint density at radius 1 is 0.838 bits per heavy atom. The van der Waals surface area contributed by atoms with Gasteiger partial charge in [0.05, 0.1) is 23.3 Å². The average Bonchev–Trinajstić information content (AvgIpc) is 3.30. The van der Waals surface area contributed by atoms with Crippen LogP contribution in [0.4, 0.5) is 5.69 Å². The van der Waals surface area contributed by atoms with Gasteiger partial charge in [0.2, 0.25) is 5.91 Å². The van der Waals surface area contributed by atoms with Crippen molar-refractivity contribution < 1.29 is 9.59 Å². The van der Waals surface area contributed by atoms with Crippen LogP contribution >= 0.6 is 0 Å². The van der Waals surface area contributed by atoms with Crippen LogP contribution in [0.2, 0.25) is 0 Å². The number of benzene rings is 4. The van der Waals surface area contributed by atoms with Crippen LogP contribution in [-0.4, -0.2) is 33.0 Å². The Labute approximate surface area is 212 Å². The normalized spacial score (nSPS) is 11.2. The standard InChI is InChI=1S/C30H23N5O2/c1-19-11-13-20(14-12-19)28-23-9-5-6-10-24(23)29-33-25-17-22(15-16-26(25)35(29)34-28)32-27(36)18-31-30(37)21-7-3-2-4-8-21/h2-17H,18H2,1H3,(H,31,37)(H,32,36). The van der Waals surface area contributed by atoms with Crippen LogP contribution in [0.15, 0.2) is 97.1 Å². The van der Waals surface area contributed by atoms with Crippen molar-refractivity contribution in [3.05, 3.63) is 108 Å². The van der Waals surface area contributed by atoms with Crippen molar-refractivity contribution in [2.45, 2.75) is 6.92 Å². The predicted molar refractivity (Wildman–Crippen MR) is 146 cm³/mol. The van der Waals surface area contributed by atoms with Gasteiger partial charge in [-0.15, -0.1) is 0 Å². The van der Waals surface area contributed by atoms with E-state index in [0.29, 0.717) is 16.8 Å². The van der Waals surface area contributed by atoms with Crippen LogP contribution in [0.25, 0.3) is 38.7 Å². The van der Waals surface area contributed by atoms with Gasteiger partial charge in [-0.05, 0) is 37.3 Å². The second kappa shape index (κ2) is 9.20. The summed E-state index contributed by atoms with van der Waals surface area (Å²) in [6.45, 7) is 1.93. The molecule has 2 N–H and O–H groups in total. The molecule has 0 aliphatic rings. The molecule has 0 spiro atoms. The van der Waals surface area contributed by atoms with E-state index in [4.69, 9.17) is 10.1 Å². The van der Waals surface area contributed by atoms with Crippen LogP contribution in [-0.2, 0) is 4.79 Å². The molecule has 0 radical (unpaired) electrons. The van der Waals surface area contributed by atoms with Crippen LogP contribution in [0.5, 0.6) is 0 Å². The van der Waals surface area contributed by atoms with E-state index in [0.717, 1.165) is 33.2 Å². The smallest absolute Gasteiger partial charge is 0.251 e. The summed E-state index contributed by atoms with van der Waals surface area (Å²) in [5.74, 6) is -0.619. The molecule has 2 aromatic heterocycles. The van der Waals surface area contributed by atoms with Crippen LogP contribution in [0.1, 0.15) is 15.9 Å². The predicted octanol–water partition coefficient (Wildman–Crippen LogP) is 5.38. The molecule has 0 bridgehead atoms. The molecular weight excluding hydrogens is 462 g/mol. The minimum Gasteiger partial charge on any atom is -0.343 e. The van der Waals surface area contributed by atoms with Crippen molar-refractivity contribution in [3.63, 3.8) is 0 Å². The van der Waals surface area contributed by atoms with E-state index < -0.39 is 0 Å². The lowest BCUT2D eigenvalue weighted by Crippen LogP contribution is -2.32. The molecular formula is C30H23N5O2. The first kappa shape index (κ1) is 22.4. The second-order valence-electron chi connectivity index (χ2n) is 8.91. The molecule has 180 valence electrons. The lowest BCUT2D eigenvalue weighted by atomic mass is 10.0. The van der Waals surface area contributed by atoms with Gasteiger partial charge in [-0.25, -0.2) is 9.50 Å². The number of aromatic nitrogens is 3. The summed E-state index contributed by atoms with van der Waals surface area (Å²) < 4.78 is 1.86. The highest BCUT2D eigenvalue weighted by atomic mass is 16.2. The Hall–Kier alpha value is -5.04. The minimum absolute atomic E-state index is 0.136. The zero-order chi connectivity index (χ0) is 25.4. The highest BCUT2D eigenvalue weighted by molar-refractivity contribution is 6.04. The summed E-state index contributed by atoms with van der Waals surface area (Å²) in [5.41, 5.74) is 6.51. The molecule has 2 amide bonds.